The number of fused-ring (bicyclic) bond motifs is 2. The lowest BCUT2D eigenvalue weighted by Gasteiger charge is -2.07. The fraction of sp³-hybridized carbons (Fsp3) is 0.182. The van der Waals surface area contributed by atoms with Gasteiger partial charge in [0, 0.05) is 19.0 Å². The summed E-state index contributed by atoms with van der Waals surface area (Å²) in [4.78, 5) is 34.6. The molecule has 4 aromatic rings. The van der Waals surface area contributed by atoms with E-state index in [1.54, 1.807) is 19.2 Å². The van der Waals surface area contributed by atoms with Gasteiger partial charge in [0.2, 0.25) is 0 Å². The zero-order chi connectivity index (χ0) is 22.0. The molecule has 0 radical (unpaired) electrons. The van der Waals surface area contributed by atoms with Crippen LogP contribution in [0.15, 0.2) is 63.8 Å². The van der Waals surface area contributed by atoms with Gasteiger partial charge in [0.1, 0.15) is 11.5 Å². The zero-order valence-corrected chi connectivity index (χ0v) is 16.6. The van der Waals surface area contributed by atoms with Gasteiger partial charge in [0.15, 0.2) is 5.58 Å². The monoisotopic (exact) mass is 422 g/mol. The molecule has 0 N–H and O–H groups in total. The average Bonchev–Trinajstić information content (AvgIpc) is 3.07. The topological polar surface area (TPSA) is 114 Å². The molecule has 1 aromatic heterocycles. The maximum atomic E-state index is 12.2. The van der Waals surface area contributed by atoms with Crippen LogP contribution in [0, 0.1) is 10.1 Å². The summed E-state index contributed by atoms with van der Waals surface area (Å²) in [7, 11) is 1.58. The summed E-state index contributed by atoms with van der Waals surface area (Å²) < 4.78 is 17.0. The normalized spacial score (nSPS) is 11.0. The van der Waals surface area contributed by atoms with Crippen LogP contribution in [-0.2, 0) is 11.3 Å². The highest BCUT2D eigenvalue weighted by atomic mass is 16.6. The van der Waals surface area contributed by atoms with Gasteiger partial charge in [-0.25, -0.2) is 4.79 Å². The van der Waals surface area contributed by atoms with Gasteiger partial charge in [-0.3, -0.25) is 19.5 Å². The number of ether oxygens (including phenoxy) is 2. The van der Waals surface area contributed by atoms with Crippen LogP contribution in [0.5, 0.6) is 11.5 Å². The molecule has 0 unspecified atom stereocenters. The van der Waals surface area contributed by atoms with Crippen LogP contribution in [-0.4, -0.2) is 22.6 Å². The Morgan fingerprint density at radius 3 is 2.55 bits per heavy atom. The first-order chi connectivity index (χ1) is 14.9. The molecule has 0 saturated heterocycles. The molecule has 0 fully saturated rings. The number of carbonyl (C=O) groups excluding carboxylic acids is 1. The fourth-order valence-corrected chi connectivity index (χ4v) is 3.34. The van der Waals surface area contributed by atoms with Crippen molar-refractivity contribution in [1.82, 2.24) is 4.57 Å². The van der Waals surface area contributed by atoms with Gasteiger partial charge >= 0.3 is 11.7 Å². The van der Waals surface area contributed by atoms with Crippen LogP contribution in [0.3, 0.4) is 0 Å². The molecule has 31 heavy (non-hydrogen) atoms. The Morgan fingerprint density at radius 2 is 1.81 bits per heavy atom. The fourth-order valence-electron chi connectivity index (χ4n) is 3.34. The van der Waals surface area contributed by atoms with Crippen molar-refractivity contribution < 1.29 is 23.6 Å². The van der Waals surface area contributed by atoms with Crippen molar-refractivity contribution in [3.05, 3.63) is 75.3 Å². The predicted molar refractivity (Wildman–Crippen MR) is 112 cm³/mol. The number of nitro groups is 1. The number of methoxy groups -OCH3 is 1. The molecule has 9 heteroatoms. The Balaban J connectivity index is 1.40. The minimum absolute atomic E-state index is 0.0856. The second-order valence-corrected chi connectivity index (χ2v) is 6.88. The lowest BCUT2D eigenvalue weighted by atomic mass is 10.1. The minimum Gasteiger partial charge on any atom is -0.497 e. The Morgan fingerprint density at radius 1 is 1.06 bits per heavy atom. The van der Waals surface area contributed by atoms with E-state index in [0.717, 1.165) is 10.8 Å². The summed E-state index contributed by atoms with van der Waals surface area (Å²) >= 11 is 0. The number of nitro benzene ring substituents is 1. The highest BCUT2D eigenvalue weighted by molar-refractivity contribution is 5.86. The van der Waals surface area contributed by atoms with E-state index < -0.39 is 16.6 Å². The molecule has 0 saturated carbocycles. The summed E-state index contributed by atoms with van der Waals surface area (Å²) in [6, 6.07) is 14.9. The third kappa shape index (κ3) is 4.25. The molecule has 9 nitrogen and oxygen atoms in total. The number of hydrogen-bond donors (Lipinski definition) is 0. The van der Waals surface area contributed by atoms with Crippen LogP contribution in [0.25, 0.3) is 21.9 Å². The third-order valence-electron chi connectivity index (χ3n) is 4.88. The van der Waals surface area contributed by atoms with E-state index in [1.165, 1.54) is 22.8 Å². The lowest BCUT2D eigenvalue weighted by Crippen LogP contribution is -2.16. The van der Waals surface area contributed by atoms with E-state index in [9.17, 15) is 19.7 Å². The number of carbonyl (C=O) groups is 1. The second-order valence-electron chi connectivity index (χ2n) is 6.88. The number of esters is 1. The summed E-state index contributed by atoms with van der Waals surface area (Å²) in [5.41, 5.74) is 0.408. The summed E-state index contributed by atoms with van der Waals surface area (Å²) in [5.74, 6) is 0.0640. The molecule has 1 heterocycles. The van der Waals surface area contributed by atoms with Crippen molar-refractivity contribution in [3.63, 3.8) is 0 Å². The van der Waals surface area contributed by atoms with Gasteiger partial charge in [0.05, 0.1) is 23.6 Å². The molecule has 4 rings (SSSR count). The van der Waals surface area contributed by atoms with Gasteiger partial charge in [0.25, 0.3) is 5.69 Å². The average molecular weight is 422 g/mol. The number of benzene rings is 3. The molecule has 0 atom stereocenters. The third-order valence-corrected chi connectivity index (χ3v) is 4.88. The number of rotatable bonds is 7. The SMILES string of the molecule is COc1ccc2ccc(OC(=O)CCCn3c(=O)oc4cc([N+](=O)[O-])ccc43)cc2c1. The maximum absolute atomic E-state index is 12.2. The van der Waals surface area contributed by atoms with Gasteiger partial charge in [-0.05, 0) is 47.5 Å². The first kappa shape index (κ1) is 20.1. The van der Waals surface area contributed by atoms with Crippen molar-refractivity contribution in [2.24, 2.45) is 0 Å². The molecular weight excluding hydrogens is 404 g/mol. The number of nitrogens with zero attached hydrogens (tertiary/aromatic N) is 2. The summed E-state index contributed by atoms with van der Waals surface area (Å²) in [6.45, 7) is 0.216. The van der Waals surface area contributed by atoms with Crippen molar-refractivity contribution in [1.29, 1.82) is 0 Å². The number of aromatic nitrogens is 1. The zero-order valence-electron chi connectivity index (χ0n) is 16.6. The van der Waals surface area contributed by atoms with Gasteiger partial charge in [-0.1, -0.05) is 12.1 Å². The van der Waals surface area contributed by atoms with Crippen molar-refractivity contribution in [2.45, 2.75) is 19.4 Å². The molecule has 0 aliphatic carbocycles. The van der Waals surface area contributed by atoms with Gasteiger partial charge < -0.3 is 13.9 Å². The van der Waals surface area contributed by atoms with E-state index in [1.807, 2.05) is 24.3 Å². The van der Waals surface area contributed by atoms with Crippen LogP contribution >= 0.6 is 0 Å². The Bertz CT molecular complexity index is 1350. The number of hydrogen-bond acceptors (Lipinski definition) is 7. The first-order valence-corrected chi connectivity index (χ1v) is 9.51. The molecule has 0 amide bonds. The number of non-ortho nitro benzene ring substituents is 1. The number of aryl methyl sites for hydroxylation is 1. The van der Waals surface area contributed by atoms with E-state index in [-0.39, 0.29) is 24.2 Å². The van der Waals surface area contributed by atoms with E-state index in [0.29, 0.717) is 23.4 Å². The van der Waals surface area contributed by atoms with Gasteiger partial charge in [-0.2, -0.15) is 0 Å². The second kappa shape index (κ2) is 8.31. The van der Waals surface area contributed by atoms with Crippen molar-refractivity contribution in [2.75, 3.05) is 7.11 Å². The molecule has 0 aliphatic heterocycles. The Labute approximate surface area is 175 Å². The van der Waals surface area contributed by atoms with Crippen LogP contribution in [0.2, 0.25) is 0 Å². The lowest BCUT2D eigenvalue weighted by molar-refractivity contribution is -0.384. The predicted octanol–water partition coefficient (Wildman–Crippen LogP) is 4.05. The standard InChI is InChI=1S/C22H18N2O7/c1-29-17-7-4-14-5-8-18(12-15(14)11-17)30-21(25)3-2-10-23-19-9-6-16(24(27)28)13-20(19)31-22(23)26/h4-9,11-13H,2-3,10H2,1H3. The van der Waals surface area contributed by atoms with Crippen LogP contribution in [0.1, 0.15) is 12.8 Å². The largest absolute Gasteiger partial charge is 0.497 e. The molecular formula is C22H18N2O7. The number of oxazole rings is 1. The minimum atomic E-state index is -0.632. The maximum Gasteiger partial charge on any atom is 0.419 e. The van der Waals surface area contributed by atoms with Crippen LogP contribution in [0.4, 0.5) is 5.69 Å². The summed E-state index contributed by atoms with van der Waals surface area (Å²) in [6.07, 6.45) is 0.425. The van der Waals surface area contributed by atoms with E-state index in [2.05, 4.69) is 0 Å². The molecule has 3 aromatic carbocycles. The Kier molecular flexibility index (Phi) is 5.40. The highest BCUT2D eigenvalue weighted by Gasteiger charge is 2.14. The Hall–Kier alpha value is -4.14. The first-order valence-electron chi connectivity index (χ1n) is 9.51. The molecule has 0 spiro atoms. The van der Waals surface area contributed by atoms with E-state index in [4.69, 9.17) is 13.9 Å². The highest BCUT2D eigenvalue weighted by Crippen LogP contribution is 2.25. The van der Waals surface area contributed by atoms with E-state index >= 15 is 0 Å². The molecule has 158 valence electrons. The van der Waals surface area contributed by atoms with Crippen molar-refractivity contribution >= 4 is 33.5 Å². The van der Waals surface area contributed by atoms with Crippen LogP contribution < -0.4 is 15.2 Å². The molecule has 0 bridgehead atoms. The van der Waals surface area contributed by atoms with Gasteiger partial charge in [-0.15, -0.1) is 0 Å². The summed E-state index contributed by atoms with van der Waals surface area (Å²) in [5, 5.41) is 12.7. The smallest absolute Gasteiger partial charge is 0.419 e. The van der Waals surface area contributed by atoms with Crippen molar-refractivity contribution in [3.8, 4) is 11.5 Å². The quantitative estimate of drug-likeness (QED) is 0.191. The molecule has 0 aliphatic rings.